The number of carbonyl (C=O) groups is 1. The van der Waals surface area contributed by atoms with Crippen molar-refractivity contribution < 1.29 is 9.53 Å². The molecule has 100 valence electrons. The second-order valence-electron chi connectivity index (χ2n) is 4.54. The molecule has 4 nitrogen and oxygen atoms in total. The van der Waals surface area contributed by atoms with Gasteiger partial charge in [-0.1, -0.05) is 17.7 Å². The highest BCUT2D eigenvalue weighted by molar-refractivity contribution is 5.81. The fourth-order valence-electron chi connectivity index (χ4n) is 1.40. The average Bonchev–Trinajstić information content (AvgIpc) is 2.37. The first-order valence-electron chi connectivity index (χ1n) is 6.20. The van der Waals surface area contributed by atoms with Crippen LogP contribution in [0, 0.1) is 6.92 Å². The van der Waals surface area contributed by atoms with Crippen molar-refractivity contribution in [2.75, 3.05) is 13.7 Å². The van der Waals surface area contributed by atoms with Crippen molar-refractivity contribution in [1.82, 2.24) is 10.6 Å². The fourth-order valence-corrected chi connectivity index (χ4v) is 1.40. The summed E-state index contributed by atoms with van der Waals surface area (Å²) >= 11 is 0. The second kappa shape index (κ2) is 7.01. The number of nitrogens with one attached hydrogen (secondary N) is 2. The minimum absolute atomic E-state index is 0.0162. The fraction of sp³-hybridized carbons (Fsp3) is 0.500. The van der Waals surface area contributed by atoms with Crippen LogP contribution in [0.1, 0.15) is 19.4 Å². The zero-order valence-electron chi connectivity index (χ0n) is 11.5. The van der Waals surface area contributed by atoms with Crippen LogP contribution in [0.2, 0.25) is 0 Å². The summed E-state index contributed by atoms with van der Waals surface area (Å²) < 4.78 is 5.60. The number of carbonyl (C=O) groups excluding carboxylic acids is 1. The lowest BCUT2D eigenvalue weighted by Gasteiger charge is -2.17. The third-order valence-corrected chi connectivity index (χ3v) is 2.74. The summed E-state index contributed by atoms with van der Waals surface area (Å²) in [7, 11) is 1.76. The average molecular weight is 250 g/mol. The predicted molar refractivity (Wildman–Crippen MR) is 72.8 cm³/mol. The van der Waals surface area contributed by atoms with Crippen LogP contribution < -0.4 is 15.4 Å². The Morgan fingerprint density at radius 3 is 2.44 bits per heavy atom. The van der Waals surface area contributed by atoms with E-state index in [0.29, 0.717) is 6.61 Å². The SMILES string of the molecule is CNC(C)C(=O)NC(C)COc1ccc(C)cc1. The highest BCUT2D eigenvalue weighted by Gasteiger charge is 2.13. The summed E-state index contributed by atoms with van der Waals surface area (Å²) in [5, 5.41) is 5.78. The third kappa shape index (κ3) is 4.75. The van der Waals surface area contributed by atoms with E-state index >= 15 is 0 Å². The van der Waals surface area contributed by atoms with Crippen LogP contribution in [0.25, 0.3) is 0 Å². The van der Waals surface area contributed by atoms with Crippen LogP contribution in [0.4, 0.5) is 0 Å². The van der Waals surface area contributed by atoms with Gasteiger partial charge in [0.25, 0.3) is 0 Å². The van der Waals surface area contributed by atoms with Crippen molar-refractivity contribution in [2.45, 2.75) is 32.9 Å². The van der Waals surface area contributed by atoms with Crippen LogP contribution in [-0.2, 0) is 4.79 Å². The molecule has 0 bridgehead atoms. The summed E-state index contributed by atoms with van der Waals surface area (Å²) in [6.07, 6.45) is 0. The van der Waals surface area contributed by atoms with Gasteiger partial charge in [-0.2, -0.15) is 0 Å². The zero-order chi connectivity index (χ0) is 13.5. The zero-order valence-corrected chi connectivity index (χ0v) is 11.5. The molecular formula is C14H22N2O2. The van der Waals surface area contributed by atoms with Crippen molar-refractivity contribution in [2.24, 2.45) is 0 Å². The Hall–Kier alpha value is -1.55. The van der Waals surface area contributed by atoms with E-state index in [0.717, 1.165) is 5.75 Å². The van der Waals surface area contributed by atoms with E-state index in [2.05, 4.69) is 10.6 Å². The summed E-state index contributed by atoms with van der Waals surface area (Å²) in [6.45, 7) is 6.24. The number of likely N-dealkylation sites (N-methyl/N-ethyl adjacent to an activating group) is 1. The van der Waals surface area contributed by atoms with E-state index in [4.69, 9.17) is 4.74 Å². The lowest BCUT2D eigenvalue weighted by molar-refractivity contribution is -0.123. The van der Waals surface area contributed by atoms with Gasteiger partial charge in [0.1, 0.15) is 12.4 Å². The molecule has 1 aromatic carbocycles. The first-order chi connectivity index (χ1) is 8.52. The van der Waals surface area contributed by atoms with Crippen LogP contribution >= 0.6 is 0 Å². The summed E-state index contributed by atoms with van der Waals surface area (Å²) in [5.41, 5.74) is 1.20. The largest absolute Gasteiger partial charge is 0.491 e. The Labute approximate surface area is 109 Å². The van der Waals surface area contributed by atoms with Gasteiger partial charge in [-0.05, 0) is 40.0 Å². The van der Waals surface area contributed by atoms with Crippen molar-refractivity contribution in [3.63, 3.8) is 0 Å². The molecule has 4 heteroatoms. The van der Waals surface area contributed by atoms with Gasteiger partial charge in [0.2, 0.25) is 5.91 Å². The Balaban J connectivity index is 2.35. The molecule has 2 atom stereocenters. The van der Waals surface area contributed by atoms with E-state index < -0.39 is 0 Å². The third-order valence-electron chi connectivity index (χ3n) is 2.74. The molecule has 0 fully saturated rings. The number of benzene rings is 1. The monoisotopic (exact) mass is 250 g/mol. The van der Waals surface area contributed by atoms with Crippen LogP contribution in [0.3, 0.4) is 0 Å². The standard InChI is InChI=1S/C14H22N2O2/c1-10-5-7-13(8-6-10)18-9-11(2)16-14(17)12(3)15-4/h5-8,11-12,15H,9H2,1-4H3,(H,16,17). The quantitative estimate of drug-likeness (QED) is 0.804. The Bertz CT molecular complexity index is 376. The highest BCUT2D eigenvalue weighted by atomic mass is 16.5. The highest BCUT2D eigenvalue weighted by Crippen LogP contribution is 2.11. The van der Waals surface area contributed by atoms with Gasteiger partial charge in [0.15, 0.2) is 0 Å². The van der Waals surface area contributed by atoms with Crippen LogP contribution in [0.5, 0.6) is 5.75 Å². The maximum Gasteiger partial charge on any atom is 0.237 e. The molecule has 0 aliphatic carbocycles. The minimum atomic E-state index is -0.188. The topological polar surface area (TPSA) is 50.4 Å². The van der Waals surface area contributed by atoms with E-state index in [1.807, 2.05) is 45.0 Å². The number of hydrogen-bond donors (Lipinski definition) is 2. The maximum absolute atomic E-state index is 11.6. The van der Waals surface area contributed by atoms with Gasteiger partial charge in [-0.15, -0.1) is 0 Å². The first-order valence-corrected chi connectivity index (χ1v) is 6.20. The minimum Gasteiger partial charge on any atom is -0.491 e. The molecule has 0 aliphatic rings. The molecule has 1 aromatic rings. The van der Waals surface area contributed by atoms with Crippen molar-refractivity contribution >= 4 is 5.91 Å². The Morgan fingerprint density at radius 1 is 1.28 bits per heavy atom. The molecule has 2 N–H and O–H groups in total. The van der Waals surface area contributed by atoms with E-state index in [1.54, 1.807) is 7.05 Å². The number of hydrogen-bond acceptors (Lipinski definition) is 3. The Morgan fingerprint density at radius 2 is 1.89 bits per heavy atom. The molecule has 2 unspecified atom stereocenters. The van der Waals surface area contributed by atoms with Gasteiger partial charge in [0, 0.05) is 0 Å². The normalized spacial score (nSPS) is 13.8. The lowest BCUT2D eigenvalue weighted by Crippen LogP contribution is -2.46. The maximum atomic E-state index is 11.6. The molecule has 0 radical (unpaired) electrons. The molecule has 0 saturated heterocycles. The molecular weight excluding hydrogens is 228 g/mol. The molecule has 1 rings (SSSR count). The first kappa shape index (κ1) is 14.5. The summed E-state index contributed by atoms with van der Waals surface area (Å²) in [5.74, 6) is 0.806. The predicted octanol–water partition coefficient (Wildman–Crippen LogP) is 1.49. The number of amides is 1. The van der Waals surface area contributed by atoms with E-state index in [9.17, 15) is 4.79 Å². The second-order valence-corrected chi connectivity index (χ2v) is 4.54. The molecule has 0 aromatic heterocycles. The van der Waals surface area contributed by atoms with Crippen molar-refractivity contribution in [1.29, 1.82) is 0 Å². The van der Waals surface area contributed by atoms with Gasteiger partial charge >= 0.3 is 0 Å². The van der Waals surface area contributed by atoms with Gasteiger partial charge in [-0.25, -0.2) is 0 Å². The van der Waals surface area contributed by atoms with E-state index in [-0.39, 0.29) is 18.0 Å². The summed E-state index contributed by atoms with van der Waals surface area (Å²) in [4.78, 5) is 11.6. The number of aryl methyl sites for hydroxylation is 1. The molecule has 0 saturated carbocycles. The molecule has 0 spiro atoms. The van der Waals surface area contributed by atoms with Crippen molar-refractivity contribution in [3.8, 4) is 5.75 Å². The van der Waals surface area contributed by atoms with Gasteiger partial charge in [0.05, 0.1) is 12.1 Å². The molecule has 1 amide bonds. The summed E-state index contributed by atoms with van der Waals surface area (Å²) in [6, 6.07) is 7.66. The van der Waals surface area contributed by atoms with E-state index in [1.165, 1.54) is 5.56 Å². The van der Waals surface area contributed by atoms with Crippen molar-refractivity contribution in [3.05, 3.63) is 29.8 Å². The number of rotatable bonds is 6. The molecule has 0 heterocycles. The lowest BCUT2D eigenvalue weighted by atomic mass is 10.2. The Kier molecular flexibility index (Phi) is 5.65. The molecule has 18 heavy (non-hydrogen) atoms. The number of ether oxygens (including phenoxy) is 1. The smallest absolute Gasteiger partial charge is 0.237 e. The van der Waals surface area contributed by atoms with Crippen LogP contribution in [0.15, 0.2) is 24.3 Å². The van der Waals surface area contributed by atoms with Gasteiger partial charge in [-0.3, -0.25) is 4.79 Å². The van der Waals surface area contributed by atoms with Crippen LogP contribution in [-0.4, -0.2) is 31.6 Å². The van der Waals surface area contributed by atoms with Gasteiger partial charge < -0.3 is 15.4 Å². The molecule has 0 aliphatic heterocycles.